The van der Waals surface area contributed by atoms with Gasteiger partial charge in [-0.2, -0.15) is 0 Å². The monoisotopic (exact) mass is 279 g/mol. The average molecular weight is 280 g/mol. The van der Waals surface area contributed by atoms with E-state index in [2.05, 4.69) is 23.6 Å². The summed E-state index contributed by atoms with van der Waals surface area (Å²) in [5.74, 6) is 0. The van der Waals surface area contributed by atoms with Crippen LogP contribution in [0.4, 0.5) is 11.4 Å². The molecule has 1 aromatic carbocycles. The third kappa shape index (κ3) is 2.30. The van der Waals surface area contributed by atoms with Crippen LogP contribution in [0.15, 0.2) is 12.1 Å². The highest BCUT2D eigenvalue weighted by atomic mass is 35.5. The van der Waals surface area contributed by atoms with Gasteiger partial charge in [-0.05, 0) is 50.9 Å². The Morgan fingerprint density at radius 2 is 2.11 bits per heavy atom. The zero-order valence-corrected chi connectivity index (χ0v) is 12.5. The van der Waals surface area contributed by atoms with Crippen molar-refractivity contribution in [1.82, 2.24) is 4.90 Å². The van der Waals surface area contributed by atoms with E-state index >= 15 is 0 Å². The molecule has 0 amide bonds. The van der Waals surface area contributed by atoms with Gasteiger partial charge in [-0.3, -0.25) is 4.90 Å². The number of aryl methyl sites for hydroxylation is 1. The van der Waals surface area contributed by atoms with Gasteiger partial charge in [0.15, 0.2) is 0 Å². The van der Waals surface area contributed by atoms with E-state index in [4.69, 9.17) is 17.3 Å². The van der Waals surface area contributed by atoms with Crippen LogP contribution in [0.1, 0.15) is 25.3 Å². The fourth-order valence-electron chi connectivity index (χ4n) is 3.53. The first kappa shape index (κ1) is 13.1. The minimum absolute atomic E-state index is 0.535. The average Bonchev–Trinajstić information content (AvgIpc) is 2.80. The first-order valence-electron chi connectivity index (χ1n) is 7.12. The topological polar surface area (TPSA) is 32.5 Å². The van der Waals surface area contributed by atoms with E-state index in [0.29, 0.717) is 22.8 Å². The summed E-state index contributed by atoms with van der Waals surface area (Å²) >= 11 is 6.20. The molecule has 2 N–H and O–H groups in total. The molecule has 4 heteroatoms. The summed E-state index contributed by atoms with van der Waals surface area (Å²) in [6, 6.07) is 5.28. The third-order valence-corrected chi connectivity index (χ3v) is 4.89. The van der Waals surface area contributed by atoms with E-state index in [1.807, 2.05) is 12.1 Å². The lowest BCUT2D eigenvalue weighted by atomic mass is 10.0. The summed E-state index contributed by atoms with van der Waals surface area (Å²) in [5.41, 5.74) is 9.03. The number of hydrogen-bond donors (Lipinski definition) is 1. The van der Waals surface area contributed by atoms with Crippen molar-refractivity contribution in [3.63, 3.8) is 0 Å². The van der Waals surface area contributed by atoms with E-state index in [1.54, 1.807) is 0 Å². The number of rotatable bonds is 1. The molecule has 0 spiro atoms. The van der Waals surface area contributed by atoms with Crippen molar-refractivity contribution in [2.24, 2.45) is 0 Å². The Morgan fingerprint density at radius 1 is 1.32 bits per heavy atom. The van der Waals surface area contributed by atoms with Gasteiger partial charge in [-0.15, -0.1) is 0 Å². The molecule has 1 aromatic rings. The molecule has 3 rings (SSSR count). The number of benzene rings is 1. The van der Waals surface area contributed by atoms with Crippen molar-refractivity contribution in [1.29, 1.82) is 0 Å². The zero-order valence-electron chi connectivity index (χ0n) is 11.7. The van der Waals surface area contributed by atoms with Crippen molar-refractivity contribution in [3.8, 4) is 0 Å². The lowest BCUT2D eigenvalue weighted by Gasteiger charge is -2.44. The number of piperazine rings is 1. The number of fused-ring (bicyclic) bond motifs is 1. The molecular weight excluding hydrogens is 258 g/mol. The highest BCUT2D eigenvalue weighted by Gasteiger charge is 2.34. The maximum absolute atomic E-state index is 6.20. The fraction of sp³-hybridized carbons (Fsp3) is 0.600. The standard InChI is InChI=1S/C15H22ClN3/c1-10-6-14(17)13(16)7-15(10)19-9-12-4-3-5-18(12)8-11(19)2/h6-7,11-12H,3-5,8-9,17H2,1-2H3. The van der Waals surface area contributed by atoms with E-state index in [0.717, 1.165) is 13.1 Å². The van der Waals surface area contributed by atoms with Gasteiger partial charge in [0.1, 0.15) is 0 Å². The molecule has 2 heterocycles. The van der Waals surface area contributed by atoms with Crippen LogP contribution < -0.4 is 10.6 Å². The molecule has 2 aliphatic rings. The molecule has 3 nitrogen and oxygen atoms in total. The van der Waals surface area contributed by atoms with Gasteiger partial charge in [-0.1, -0.05) is 11.6 Å². The summed E-state index contributed by atoms with van der Waals surface area (Å²) in [6.45, 7) is 7.96. The Hall–Kier alpha value is -0.930. The predicted molar refractivity (Wildman–Crippen MR) is 82.0 cm³/mol. The molecule has 19 heavy (non-hydrogen) atoms. The Bertz CT molecular complexity index is 489. The minimum atomic E-state index is 0.535. The molecule has 0 saturated carbocycles. The second-order valence-electron chi connectivity index (χ2n) is 5.95. The van der Waals surface area contributed by atoms with Crippen LogP contribution in [0.3, 0.4) is 0 Å². The zero-order chi connectivity index (χ0) is 13.6. The Morgan fingerprint density at radius 3 is 2.89 bits per heavy atom. The Kier molecular flexibility index (Phi) is 3.35. The predicted octanol–water partition coefficient (Wildman–Crippen LogP) is 2.90. The number of nitrogens with two attached hydrogens (primary N) is 1. The van der Waals surface area contributed by atoms with Gasteiger partial charge in [-0.25, -0.2) is 0 Å². The fourth-order valence-corrected chi connectivity index (χ4v) is 3.68. The summed E-state index contributed by atoms with van der Waals surface area (Å²) in [6.07, 6.45) is 2.66. The van der Waals surface area contributed by atoms with Crippen LogP contribution in [0.2, 0.25) is 5.02 Å². The van der Waals surface area contributed by atoms with Crippen molar-refractivity contribution < 1.29 is 0 Å². The molecule has 104 valence electrons. The number of anilines is 2. The smallest absolute Gasteiger partial charge is 0.0656 e. The summed E-state index contributed by atoms with van der Waals surface area (Å²) in [4.78, 5) is 5.14. The second kappa shape index (κ2) is 4.88. The maximum Gasteiger partial charge on any atom is 0.0656 e. The van der Waals surface area contributed by atoms with Gasteiger partial charge < -0.3 is 10.6 Å². The molecule has 0 radical (unpaired) electrons. The second-order valence-corrected chi connectivity index (χ2v) is 6.36. The van der Waals surface area contributed by atoms with E-state index in [-0.39, 0.29) is 0 Å². The van der Waals surface area contributed by atoms with Crippen molar-refractivity contribution in [3.05, 3.63) is 22.7 Å². The first-order chi connectivity index (χ1) is 9.06. The molecule has 0 bridgehead atoms. The minimum Gasteiger partial charge on any atom is -0.398 e. The van der Waals surface area contributed by atoms with Gasteiger partial charge in [0.05, 0.1) is 10.7 Å². The first-order valence-corrected chi connectivity index (χ1v) is 7.50. The molecule has 0 aliphatic carbocycles. The van der Waals surface area contributed by atoms with Crippen molar-refractivity contribution in [2.75, 3.05) is 30.3 Å². The molecule has 2 saturated heterocycles. The molecule has 0 aromatic heterocycles. The quantitative estimate of drug-likeness (QED) is 0.803. The van der Waals surface area contributed by atoms with Crippen LogP contribution in [-0.4, -0.2) is 36.6 Å². The highest BCUT2D eigenvalue weighted by molar-refractivity contribution is 6.33. The van der Waals surface area contributed by atoms with Crippen LogP contribution in [0.25, 0.3) is 0 Å². The molecule has 2 unspecified atom stereocenters. The van der Waals surface area contributed by atoms with Crippen molar-refractivity contribution in [2.45, 2.75) is 38.8 Å². The molecule has 2 aliphatic heterocycles. The molecule has 2 atom stereocenters. The van der Waals surface area contributed by atoms with Gasteiger partial charge in [0, 0.05) is 30.9 Å². The molecule has 2 fully saturated rings. The normalized spacial score (nSPS) is 27.6. The largest absolute Gasteiger partial charge is 0.398 e. The summed E-state index contributed by atoms with van der Waals surface area (Å²) in [5, 5.41) is 0.668. The Balaban J connectivity index is 1.91. The summed E-state index contributed by atoms with van der Waals surface area (Å²) in [7, 11) is 0. The number of nitrogen functional groups attached to an aromatic ring is 1. The maximum atomic E-state index is 6.20. The number of nitrogens with zero attached hydrogens (tertiary/aromatic N) is 2. The number of halogens is 1. The number of hydrogen-bond acceptors (Lipinski definition) is 3. The SMILES string of the molecule is Cc1cc(N)c(Cl)cc1N1CC2CCCN2CC1C. The van der Waals surface area contributed by atoms with E-state index < -0.39 is 0 Å². The lowest BCUT2D eigenvalue weighted by Crippen LogP contribution is -2.55. The van der Waals surface area contributed by atoms with Crippen molar-refractivity contribution >= 4 is 23.0 Å². The van der Waals surface area contributed by atoms with Crippen LogP contribution in [0, 0.1) is 6.92 Å². The van der Waals surface area contributed by atoms with Gasteiger partial charge in [0.2, 0.25) is 0 Å². The van der Waals surface area contributed by atoms with Gasteiger partial charge in [0.25, 0.3) is 0 Å². The van der Waals surface area contributed by atoms with Crippen LogP contribution in [0.5, 0.6) is 0 Å². The third-order valence-electron chi connectivity index (χ3n) is 4.56. The summed E-state index contributed by atoms with van der Waals surface area (Å²) < 4.78 is 0. The van der Waals surface area contributed by atoms with Crippen LogP contribution in [-0.2, 0) is 0 Å². The molecular formula is C15H22ClN3. The highest BCUT2D eigenvalue weighted by Crippen LogP contribution is 2.34. The van der Waals surface area contributed by atoms with Gasteiger partial charge >= 0.3 is 0 Å². The van der Waals surface area contributed by atoms with E-state index in [9.17, 15) is 0 Å². The van der Waals surface area contributed by atoms with Crippen LogP contribution >= 0.6 is 11.6 Å². The lowest BCUT2D eigenvalue weighted by molar-refractivity contribution is 0.203. The van der Waals surface area contributed by atoms with E-state index in [1.165, 1.54) is 30.6 Å². The Labute approximate surface area is 120 Å².